The van der Waals surface area contributed by atoms with E-state index in [9.17, 15) is 4.79 Å². The number of aliphatic hydroxyl groups is 1. The van der Waals surface area contributed by atoms with E-state index >= 15 is 0 Å². The van der Waals surface area contributed by atoms with Gasteiger partial charge in [-0.05, 0) is 34.5 Å². The highest BCUT2D eigenvalue weighted by molar-refractivity contribution is 9.10. The fraction of sp³-hybridized carbons (Fsp3) is 0.538. The van der Waals surface area contributed by atoms with Crippen molar-refractivity contribution >= 4 is 21.8 Å². The molecule has 0 atom stereocenters. The van der Waals surface area contributed by atoms with Crippen molar-refractivity contribution in [1.29, 1.82) is 0 Å². The second-order valence-corrected chi connectivity index (χ2v) is 4.90. The van der Waals surface area contributed by atoms with Crippen LogP contribution in [-0.4, -0.2) is 40.6 Å². The van der Waals surface area contributed by atoms with Crippen LogP contribution in [0.4, 0.5) is 0 Å². The quantitative estimate of drug-likeness (QED) is 0.621. The number of rotatable bonds is 7. The number of carbonyl (C=O) groups is 1. The number of unbranched alkanes of at least 4 members (excludes halogenated alkanes) is 2. The molecule has 1 N–H and O–H groups in total. The number of hydrogen-bond donors (Lipinski definition) is 1. The lowest BCUT2D eigenvalue weighted by molar-refractivity contribution is 0.0718. The van der Waals surface area contributed by atoms with Gasteiger partial charge in [-0.3, -0.25) is 4.79 Å². The molecule has 1 aromatic rings. The van der Waals surface area contributed by atoms with E-state index in [1.165, 1.54) is 0 Å². The maximum absolute atomic E-state index is 12.2. The zero-order chi connectivity index (χ0) is 13.4. The summed E-state index contributed by atoms with van der Waals surface area (Å²) in [4.78, 5) is 17.9. The molecule has 1 amide bonds. The van der Waals surface area contributed by atoms with Crippen molar-refractivity contribution in [2.24, 2.45) is 0 Å². The zero-order valence-corrected chi connectivity index (χ0v) is 12.2. The summed E-state index contributed by atoms with van der Waals surface area (Å²) in [6.45, 7) is 3.17. The Kier molecular flexibility index (Phi) is 6.90. The first kappa shape index (κ1) is 15.1. The number of halogens is 1. The molecule has 5 heteroatoms. The van der Waals surface area contributed by atoms with Crippen molar-refractivity contribution < 1.29 is 9.90 Å². The van der Waals surface area contributed by atoms with Crippen molar-refractivity contribution in [1.82, 2.24) is 9.88 Å². The Labute approximate surface area is 116 Å². The van der Waals surface area contributed by atoms with Gasteiger partial charge in [-0.1, -0.05) is 19.8 Å². The number of pyridine rings is 1. The summed E-state index contributed by atoms with van der Waals surface area (Å²) in [5, 5.41) is 9.02. The van der Waals surface area contributed by atoms with E-state index in [-0.39, 0.29) is 12.5 Å². The number of carbonyl (C=O) groups excluding carboxylic acids is 1. The third kappa shape index (κ3) is 4.74. The number of amides is 1. The maximum Gasteiger partial charge on any atom is 0.255 e. The molecule has 0 saturated heterocycles. The van der Waals surface area contributed by atoms with Crippen molar-refractivity contribution in [3.05, 3.63) is 28.5 Å². The molecule has 0 radical (unpaired) electrons. The van der Waals surface area contributed by atoms with Crippen LogP contribution in [0.2, 0.25) is 0 Å². The van der Waals surface area contributed by atoms with Crippen molar-refractivity contribution in [2.45, 2.75) is 26.2 Å². The maximum atomic E-state index is 12.2. The van der Waals surface area contributed by atoms with Crippen molar-refractivity contribution in [3.8, 4) is 0 Å². The molecule has 0 aliphatic carbocycles. The minimum Gasteiger partial charge on any atom is -0.395 e. The molecule has 0 aliphatic heterocycles. The highest BCUT2D eigenvalue weighted by Crippen LogP contribution is 2.10. The van der Waals surface area contributed by atoms with Crippen LogP contribution in [0, 0.1) is 0 Å². The van der Waals surface area contributed by atoms with Gasteiger partial charge >= 0.3 is 0 Å². The van der Waals surface area contributed by atoms with Crippen LogP contribution in [0.5, 0.6) is 0 Å². The molecule has 1 heterocycles. The largest absolute Gasteiger partial charge is 0.395 e. The highest BCUT2D eigenvalue weighted by atomic mass is 79.9. The Morgan fingerprint density at radius 1 is 1.39 bits per heavy atom. The van der Waals surface area contributed by atoms with Gasteiger partial charge in [0, 0.05) is 19.3 Å². The molecule has 0 fully saturated rings. The molecule has 0 unspecified atom stereocenters. The van der Waals surface area contributed by atoms with Crippen LogP contribution in [0.25, 0.3) is 0 Å². The van der Waals surface area contributed by atoms with Gasteiger partial charge in [0.2, 0.25) is 0 Å². The first-order chi connectivity index (χ1) is 8.69. The topological polar surface area (TPSA) is 53.4 Å². The molecule has 0 aliphatic rings. The summed E-state index contributed by atoms with van der Waals surface area (Å²) in [7, 11) is 0. The average molecular weight is 315 g/mol. The predicted octanol–water partition coefficient (Wildman–Crippen LogP) is 2.47. The smallest absolute Gasteiger partial charge is 0.255 e. The Bertz CT molecular complexity index is 368. The second kappa shape index (κ2) is 8.21. The standard InChI is InChI=1S/C13H19BrN2O2/c1-2-3-4-7-16(8-9-17)13(18)11-5-6-12(14)15-10-11/h5-6,10,17H,2-4,7-9H2,1H3. The Balaban J connectivity index is 2.66. The third-order valence-electron chi connectivity index (χ3n) is 2.66. The van der Waals surface area contributed by atoms with Gasteiger partial charge in [-0.25, -0.2) is 4.98 Å². The Morgan fingerprint density at radius 2 is 2.17 bits per heavy atom. The number of nitrogens with zero attached hydrogens (tertiary/aromatic N) is 2. The SMILES string of the molecule is CCCCCN(CCO)C(=O)c1ccc(Br)nc1. The first-order valence-corrected chi connectivity index (χ1v) is 7.00. The fourth-order valence-corrected chi connectivity index (χ4v) is 1.91. The van der Waals surface area contributed by atoms with Gasteiger partial charge in [-0.15, -0.1) is 0 Å². The zero-order valence-electron chi connectivity index (χ0n) is 10.6. The van der Waals surface area contributed by atoms with Crippen LogP contribution in [0.15, 0.2) is 22.9 Å². The van der Waals surface area contributed by atoms with Crippen LogP contribution in [-0.2, 0) is 0 Å². The van der Waals surface area contributed by atoms with E-state index < -0.39 is 0 Å². The fourth-order valence-electron chi connectivity index (χ4n) is 1.67. The molecule has 4 nitrogen and oxygen atoms in total. The summed E-state index contributed by atoms with van der Waals surface area (Å²) in [6.07, 6.45) is 4.72. The minimum absolute atomic E-state index is 0.0121. The molecule has 0 spiro atoms. The van der Waals surface area contributed by atoms with E-state index in [1.807, 2.05) is 0 Å². The van der Waals surface area contributed by atoms with Gasteiger partial charge in [0.15, 0.2) is 0 Å². The molecule has 100 valence electrons. The summed E-state index contributed by atoms with van der Waals surface area (Å²) in [6, 6.07) is 3.49. The van der Waals surface area contributed by atoms with Crippen LogP contribution in [0.1, 0.15) is 36.5 Å². The van der Waals surface area contributed by atoms with Gasteiger partial charge in [-0.2, -0.15) is 0 Å². The van der Waals surface area contributed by atoms with E-state index in [1.54, 1.807) is 23.2 Å². The lowest BCUT2D eigenvalue weighted by Crippen LogP contribution is -2.34. The lowest BCUT2D eigenvalue weighted by atomic mass is 10.2. The van der Waals surface area contributed by atoms with Gasteiger partial charge in [0.25, 0.3) is 5.91 Å². The molecule has 0 bridgehead atoms. The molecule has 0 saturated carbocycles. The van der Waals surface area contributed by atoms with E-state index in [2.05, 4.69) is 27.8 Å². The summed E-state index contributed by atoms with van der Waals surface area (Å²) >= 11 is 3.24. The van der Waals surface area contributed by atoms with Crippen molar-refractivity contribution in [3.63, 3.8) is 0 Å². The normalized spacial score (nSPS) is 10.4. The van der Waals surface area contributed by atoms with Gasteiger partial charge < -0.3 is 10.0 Å². The molecule has 1 aromatic heterocycles. The number of hydrogen-bond acceptors (Lipinski definition) is 3. The molecule has 1 rings (SSSR count). The summed E-state index contributed by atoms with van der Waals surface area (Å²) in [5.41, 5.74) is 0.558. The van der Waals surface area contributed by atoms with E-state index in [0.717, 1.165) is 19.3 Å². The lowest BCUT2D eigenvalue weighted by Gasteiger charge is -2.21. The molecular formula is C13H19BrN2O2. The minimum atomic E-state index is -0.0693. The Hall–Kier alpha value is -0.940. The predicted molar refractivity (Wildman–Crippen MR) is 74.5 cm³/mol. The van der Waals surface area contributed by atoms with Gasteiger partial charge in [0.1, 0.15) is 4.60 Å². The molecule has 0 aromatic carbocycles. The van der Waals surface area contributed by atoms with Gasteiger partial charge in [0.05, 0.1) is 12.2 Å². The monoisotopic (exact) mass is 314 g/mol. The molecule has 18 heavy (non-hydrogen) atoms. The summed E-state index contributed by atoms with van der Waals surface area (Å²) < 4.78 is 0.707. The highest BCUT2D eigenvalue weighted by Gasteiger charge is 2.14. The van der Waals surface area contributed by atoms with Crippen LogP contribution < -0.4 is 0 Å². The Morgan fingerprint density at radius 3 is 2.72 bits per heavy atom. The second-order valence-electron chi connectivity index (χ2n) is 4.09. The number of aliphatic hydroxyl groups excluding tert-OH is 1. The van der Waals surface area contributed by atoms with Crippen LogP contribution in [0.3, 0.4) is 0 Å². The summed E-state index contributed by atoms with van der Waals surface area (Å²) in [5.74, 6) is -0.0693. The molecular weight excluding hydrogens is 296 g/mol. The first-order valence-electron chi connectivity index (χ1n) is 6.20. The van der Waals surface area contributed by atoms with Crippen LogP contribution >= 0.6 is 15.9 Å². The third-order valence-corrected chi connectivity index (χ3v) is 3.13. The number of aromatic nitrogens is 1. The average Bonchev–Trinajstić information content (AvgIpc) is 2.38. The van der Waals surface area contributed by atoms with E-state index in [0.29, 0.717) is 23.3 Å². The van der Waals surface area contributed by atoms with Crippen molar-refractivity contribution in [2.75, 3.05) is 19.7 Å². The van der Waals surface area contributed by atoms with E-state index in [4.69, 9.17) is 5.11 Å².